The minimum absolute atomic E-state index is 0.115. The van der Waals surface area contributed by atoms with E-state index in [1.54, 1.807) is 18.2 Å². The predicted octanol–water partition coefficient (Wildman–Crippen LogP) is 2.55. The van der Waals surface area contributed by atoms with E-state index >= 15 is 0 Å². The third-order valence-corrected chi connectivity index (χ3v) is 7.73. The van der Waals surface area contributed by atoms with Crippen LogP contribution in [-0.4, -0.2) is 53.8 Å². The molecule has 1 aliphatic heterocycles. The van der Waals surface area contributed by atoms with E-state index in [2.05, 4.69) is 14.9 Å². The third kappa shape index (κ3) is 3.90. The fourth-order valence-electron chi connectivity index (χ4n) is 3.85. The van der Waals surface area contributed by atoms with Gasteiger partial charge in [-0.05, 0) is 43.2 Å². The van der Waals surface area contributed by atoms with E-state index in [1.807, 2.05) is 44.2 Å². The average molecular weight is 427 g/mol. The molecular weight excluding hydrogens is 400 g/mol. The van der Waals surface area contributed by atoms with Gasteiger partial charge in [0.15, 0.2) is 0 Å². The van der Waals surface area contributed by atoms with E-state index in [0.29, 0.717) is 47.8 Å². The Morgan fingerprint density at radius 1 is 1.03 bits per heavy atom. The Labute approximate surface area is 176 Å². The molecule has 0 aliphatic carbocycles. The van der Waals surface area contributed by atoms with Crippen LogP contribution in [0.3, 0.4) is 0 Å². The first-order valence-electron chi connectivity index (χ1n) is 10.2. The van der Waals surface area contributed by atoms with Crippen LogP contribution < -0.4 is 5.56 Å². The van der Waals surface area contributed by atoms with E-state index in [-0.39, 0.29) is 11.6 Å². The number of hydrogen-bond donors (Lipinski definition) is 1. The van der Waals surface area contributed by atoms with Crippen molar-refractivity contribution in [3.05, 3.63) is 70.3 Å². The van der Waals surface area contributed by atoms with E-state index in [4.69, 9.17) is 0 Å². The van der Waals surface area contributed by atoms with Crippen molar-refractivity contribution in [2.24, 2.45) is 0 Å². The normalized spacial score (nSPS) is 17.3. The summed E-state index contributed by atoms with van der Waals surface area (Å²) in [5.41, 5.74) is 1.63. The van der Waals surface area contributed by atoms with Gasteiger partial charge in [0.05, 0.1) is 21.8 Å². The minimum Gasteiger partial charge on any atom is -0.309 e. The van der Waals surface area contributed by atoms with Gasteiger partial charge in [-0.25, -0.2) is 13.4 Å². The molecule has 8 heteroatoms. The number of hydrogen-bond acceptors (Lipinski definition) is 5. The fourth-order valence-corrected chi connectivity index (χ4v) is 5.27. The van der Waals surface area contributed by atoms with Crippen molar-refractivity contribution in [3.8, 4) is 0 Å². The maximum absolute atomic E-state index is 13.0. The molecule has 2 heterocycles. The zero-order chi connectivity index (χ0) is 21.3. The summed E-state index contributed by atoms with van der Waals surface area (Å²) in [5.74, 6) is 0.602. The summed E-state index contributed by atoms with van der Waals surface area (Å²) < 4.78 is 27.5. The third-order valence-electron chi connectivity index (χ3n) is 5.82. The zero-order valence-corrected chi connectivity index (χ0v) is 18.0. The maximum atomic E-state index is 13.0. The lowest BCUT2D eigenvalue weighted by molar-refractivity contribution is 0.141. The summed E-state index contributed by atoms with van der Waals surface area (Å²) in [6.45, 7) is 5.98. The highest BCUT2D eigenvalue weighted by Gasteiger charge is 2.31. The second-order valence-corrected chi connectivity index (χ2v) is 9.52. The predicted molar refractivity (Wildman–Crippen MR) is 117 cm³/mol. The summed E-state index contributed by atoms with van der Waals surface area (Å²) in [4.78, 5) is 22.4. The van der Waals surface area contributed by atoms with Crippen LogP contribution in [0, 0.1) is 0 Å². The van der Waals surface area contributed by atoms with Crippen LogP contribution in [0.15, 0.2) is 58.2 Å². The van der Waals surface area contributed by atoms with Gasteiger partial charge in [0.25, 0.3) is 5.56 Å². The summed E-state index contributed by atoms with van der Waals surface area (Å²) in [6, 6.07) is 14.3. The van der Waals surface area contributed by atoms with Gasteiger partial charge < -0.3 is 4.98 Å². The Kier molecular flexibility index (Phi) is 5.73. The van der Waals surface area contributed by atoms with Gasteiger partial charge in [0.2, 0.25) is 10.0 Å². The second kappa shape index (κ2) is 8.29. The lowest BCUT2D eigenvalue weighted by Gasteiger charge is -2.37. The van der Waals surface area contributed by atoms with Gasteiger partial charge in [-0.3, -0.25) is 9.69 Å². The molecule has 1 fully saturated rings. The van der Waals surface area contributed by atoms with Crippen LogP contribution in [-0.2, 0) is 16.4 Å². The maximum Gasteiger partial charge on any atom is 0.258 e. The molecule has 1 aromatic heterocycles. The largest absolute Gasteiger partial charge is 0.309 e. The summed E-state index contributed by atoms with van der Waals surface area (Å²) in [6.07, 6.45) is 0.877. The van der Waals surface area contributed by atoms with Gasteiger partial charge >= 0.3 is 0 Å². The lowest BCUT2D eigenvalue weighted by atomic mass is 10.2. The number of sulfonamides is 1. The Balaban J connectivity index is 1.48. The van der Waals surface area contributed by atoms with E-state index in [1.165, 1.54) is 4.31 Å². The molecule has 1 atom stereocenters. The highest BCUT2D eigenvalue weighted by atomic mass is 32.2. The van der Waals surface area contributed by atoms with Crippen molar-refractivity contribution < 1.29 is 8.42 Å². The lowest BCUT2D eigenvalue weighted by Crippen LogP contribution is -2.49. The number of piperazine rings is 1. The molecule has 0 saturated carbocycles. The first-order valence-corrected chi connectivity index (χ1v) is 11.7. The highest BCUT2D eigenvalue weighted by molar-refractivity contribution is 7.89. The van der Waals surface area contributed by atoms with Crippen LogP contribution in [0.2, 0.25) is 0 Å². The van der Waals surface area contributed by atoms with Crippen molar-refractivity contribution >= 4 is 20.9 Å². The quantitative estimate of drug-likeness (QED) is 0.678. The van der Waals surface area contributed by atoms with Crippen molar-refractivity contribution in [2.45, 2.75) is 31.2 Å². The van der Waals surface area contributed by atoms with E-state index < -0.39 is 10.0 Å². The van der Waals surface area contributed by atoms with Crippen LogP contribution in [0.25, 0.3) is 10.9 Å². The van der Waals surface area contributed by atoms with Gasteiger partial charge in [0.1, 0.15) is 5.82 Å². The molecule has 2 aromatic carbocycles. The number of benzene rings is 2. The van der Waals surface area contributed by atoms with Crippen molar-refractivity contribution in [1.82, 2.24) is 19.2 Å². The number of nitrogens with one attached hydrogen (secondary N) is 1. The van der Waals surface area contributed by atoms with Crippen LogP contribution in [0.5, 0.6) is 0 Å². The molecular formula is C22H26N4O3S. The van der Waals surface area contributed by atoms with Crippen molar-refractivity contribution in [2.75, 3.05) is 26.2 Å². The molecule has 158 valence electrons. The topological polar surface area (TPSA) is 86.4 Å². The van der Waals surface area contributed by atoms with Crippen LogP contribution in [0.4, 0.5) is 0 Å². The van der Waals surface area contributed by atoms with Gasteiger partial charge in [0, 0.05) is 26.2 Å². The molecule has 0 radical (unpaired) electrons. The van der Waals surface area contributed by atoms with Gasteiger partial charge in [-0.15, -0.1) is 0 Å². The Morgan fingerprint density at radius 2 is 1.70 bits per heavy atom. The van der Waals surface area contributed by atoms with E-state index in [9.17, 15) is 13.2 Å². The number of nitrogens with zero attached hydrogens (tertiary/aromatic N) is 3. The number of para-hydroxylation sites is 1. The number of fused-ring (bicyclic) bond motifs is 1. The fraction of sp³-hybridized carbons (Fsp3) is 0.364. The van der Waals surface area contributed by atoms with E-state index in [0.717, 1.165) is 12.0 Å². The standard InChI is InChI=1S/C22H26N4O3S/c1-3-17-8-10-18(11-9-17)30(28,29)26-14-12-25(13-15-26)16(2)21-23-20-7-5-4-6-19(20)22(27)24-21/h4-11,16H,3,12-15H2,1-2H3,(H,23,24,27)/t16-/m0/s1. The number of aryl methyl sites for hydroxylation is 1. The van der Waals surface area contributed by atoms with Crippen molar-refractivity contribution in [1.29, 1.82) is 0 Å². The van der Waals surface area contributed by atoms with Crippen molar-refractivity contribution in [3.63, 3.8) is 0 Å². The number of H-pyrrole nitrogens is 1. The molecule has 1 N–H and O–H groups in total. The first-order chi connectivity index (χ1) is 14.4. The molecule has 0 bridgehead atoms. The summed E-state index contributed by atoms with van der Waals surface area (Å²) >= 11 is 0. The smallest absolute Gasteiger partial charge is 0.258 e. The zero-order valence-electron chi connectivity index (χ0n) is 17.2. The summed E-state index contributed by atoms with van der Waals surface area (Å²) in [5, 5.41) is 0.568. The molecule has 4 rings (SSSR count). The molecule has 0 spiro atoms. The Morgan fingerprint density at radius 3 is 2.37 bits per heavy atom. The SMILES string of the molecule is CCc1ccc(S(=O)(=O)N2CCN([C@@H](C)c3nc4ccccc4c(=O)[nH]3)CC2)cc1. The second-order valence-electron chi connectivity index (χ2n) is 7.58. The first kappa shape index (κ1) is 20.7. The molecule has 3 aromatic rings. The molecule has 0 amide bonds. The van der Waals surface area contributed by atoms with Crippen LogP contribution in [0.1, 0.15) is 31.3 Å². The van der Waals surface area contributed by atoms with Gasteiger partial charge in [-0.2, -0.15) is 4.31 Å². The molecule has 1 aliphatic rings. The molecule has 7 nitrogen and oxygen atoms in total. The molecule has 1 saturated heterocycles. The number of aromatic nitrogens is 2. The molecule has 30 heavy (non-hydrogen) atoms. The van der Waals surface area contributed by atoms with Gasteiger partial charge in [-0.1, -0.05) is 31.2 Å². The highest BCUT2D eigenvalue weighted by Crippen LogP contribution is 2.23. The molecule has 0 unspecified atom stereocenters. The Bertz CT molecular complexity index is 1200. The Hall–Kier alpha value is -2.55. The summed E-state index contributed by atoms with van der Waals surface area (Å²) in [7, 11) is -3.50. The minimum atomic E-state index is -3.50. The average Bonchev–Trinajstić information content (AvgIpc) is 2.78. The number of rotatable bonds is 5. The van der Waals surface area contributed by atoms with Crippen LogP contribution >= 0.6 is 0 Å². The number of aromatic amines is 1. The monoisotopic (exact) mass is 426 g/mol.